The summed E-state index contributed by atoms with van der Waals surface area (Å²) in [5, 5.41) is 3.91. The number of allylic oxidation sites excluding steroid dienone is 3. The molecule has 1 aliphatic heterocycles. The SMILES string of the molecule is C=CC=N/C(=C\C=C)c1cc(N2CCc3nc(NC4CC4)ncc3C2)ncc1Cl. The summed E-state index contributed by atoms with van der Waals surface area (Å²) in [7, 11) is 0. The van der Waals surface area contributed by atoms with Crippen LogP contribution in [0.4, 0.5) is 11.8 Å². The molecule has 4 rings (SSSR count). The molecular formula is C22H23ClN6. The van der Waals surface area contributed by atoms with E-state index in [1.54, 1.807) is 24.6 Å². The summed E-state index contributed by atoms with van der Waals surface area (Å²) in [4.78, 5) is 20.3. The highest BCUT2D eigenvalue weighted by Crippen LogP contribution is 2.30. The van der Waals surface area contributed by atoms with Gasteiger partial charge < -0.3 is 10.2 Å². The Hall–Kier alpha value is -2.99. The Morgan fingerprint density at radius 3 is 2.86 bits per heavy atom. The van der Waals surface area contributed by atoms with Crippen molar-refractivity contribution in [2.75, 3.05) is 16.8 Å². The van der Waals surface area contributed by atoms with Gasteiger partial charge in [0.2, 0.25) is 5.95 Å². The summed E-state index contributed by atoms with van der Waals surface area (Å²) in [5.41, 5.74) is 3.75. The number of aliphatic imine (C=N–C) groups is 1. The van der Waals surface area contributed by atoms with E-state index in [-0.39, 0.29) is 0 Å². The second kappa shape index (κ2) is 8.57. The van der Waals surface area contributed by atoms with E-state index in [1.165, 1.54) is 12.8 Å². The summed E-state index contributed by atoms with van der Waals surface area (Å²) >= 11 is 6.41. The lowest BCUT2D eigenvalue weighted by atomic mass is 10.1. The van der Waals surface area contributed by atoms with Gasteiger partial charge in [-0.25, -0.2) is 15.0 Å². The van der Waals surface area contributed by atoms with Crippen molar-refractivity contribution in [3.8, 4) is 0 Å². The number of pyridine rings is 1. The Labute approximate surface area is 175 Å². The average Bonchev–Trinajstić information content (AvgIpc) is 3.55. The molecule has 0 saturated heterocycles. The van der Waals surface area contributed by atoms with Crippen molar-refractivity contribution in [1.82, 2.24) is 15.0 Å². The predicted molar refractivity (Wildman–Crippen MR) is 120 cm³/mol. The van der Waals surface area contributed by atoms with Gasteiger partial charge in [0, 0.05) is 55.3 Å². The number of rotatable bonds is 7. The number of nitrogens with one attached hydrogen (secondary N) is 1. The lowest BCUT2D eigenvalue weighted by molar-refractivity contribution is 0.697. The molecule has 0 unspecified atom stereocenters. The first kappa shape index (κ1) is 19.3. The van der Waals surface area contributed by atoms with Crippen LogP contribution in [0.2, 0.25) is 5.02 Å². The van der Waals surface area contributed by atoms with Gasteiger partial charge in [-0.3, -0.25) is 4.99 Å². The molecule has 1 aliphatic carbocycles. The van der Waals surface area contributed by atoms with Crippen molar-refractivity contribution in [3.05, 3.63) is 71.7 Å². The molecule has 0 radical (unpaired) electrons. The largest absolute Gasteiger partial charge is 0.352 e. The number of fused-ring (bicyclic) bond motifs is 1. The predicted octanol–water partition coefficient (Wildman–Crippen LogP) is 4.45. The Bertz CT molecular complexity index is 993. The molecule has 0 spiro atoms. The fraction of sp³-hybridized carbons (Fsp3) is 0.273. The quantitative estimate of drug-likeness (QED) is 0.543. The van der Waals surface area contributed by atoms with Crippen LogP contribution in [-0.2, 0) is 13.0 Å². The zero-order valence-electron chi connectivity index (χ0n) is 16.2. The summed E-state index contributed by atoms with van der Waals surface area (Å²) in [6.07, 6.45) is 13.6. The van der Waals surface area contributed by atoms with Gasteiger partial charge in [-0.05, 0) is 25.0 Å². The Kier molecular flexibility index (Phi) is 5.71. The first-order valence-electron chi connectivity index (χ1n) is 9.68. The van der Waals surface area contributed by atoms with E-state index in [2.05, 4.69) is 38.3 Å². The second-order valence-electron chi connectivity index (χ2n) is 7.08. The van der Waals surface area contributed by atoms with E-state index in [1.807, 2.05) is 18.3 Å². The molecule has 7 heteroatoms. The topological polar surface area (TPSA) is 66.3 Å². The van der Waals surface area contributed by atoms with Crippen molar-refractivity contribution >= 4 is 35.3 Å². The molecular weight excluding hydrogens is 384 g/mol. The first-order chi connectivity index (χ1) is 14.2. The van der Waals surface area contributed by atoms with Crippen molar-refractivity contribution < 1.29 is 0 Å². The van der Waals surface area contributed by atoms with Gasteiger partial charge in [-0.1, -0.05) is 36.9 Å². The minimum atomic E-state index is 0.541. The number of aromatic nitrogens is 3. The van der Waals surface area contributed by atoms with Crippen LogP contribution in [-0.4, -0.2) is 33.8 Å². The van der Waals surface area contributed by atoms with Crippen LogP contribution in [0.25, 0.3) is 5.70 Å². The average molecular weight is 407 g/mol. The Morgan fingerprint density at radius 1 is 1.24 bits per heavy atom. The first-order valence-corrected chi connectivity index (χ1v) is 10.1. The molecule has 0 atom stereocenters. The zero-order valence-corrected chi connectivity index (χ0v) is 16.9. The third kappa shape index (κ3) is 4.54. The van der Waals surface area contributed by atoms with Gasteiger partial charge in [0.05, 0.1) is 16.4 Å². The molecule has 1 N–H and O–H groups in total. The standard InChI is InChI=1S/C22H23ClN6/c1-3-5-20(24-9-4-2)17-11-21(25-13-18(17)23)29-10-8-19-15(14-29)12-26-22(28-19)27-16-6-7-16/h3-5,9,11-13,16H,1-2,6-8,10,14H2,(H,26,27,28)/b20-5-,24-9?. The van der Waals surface area contributed by atoms with E-state index in [0.29, 0.717) is 23.3 Å². The van der Waals surface area contributed by atoms with E-state index in [9.17, 15) is 0 Å². The van der Waals surface area contributed by atoms with Crippen molar-refractivity contribution in [2.24, 2.45) is 4.99 Å². The smallest absolute Gasteiger partial charge is 0.223 e. The van der Waals surface area contributed by atoms with Gasteiger partial charge in [0.25, 0.3) is 0 Å². The van der Waals surface area contributed by atoms with E-state index in [4.69, 9.17) is 16.6 Å². The van der Waals surface area contributed by atoms with E-state index in [0.717, 1.165) is 41.6 Å². The lowest BCUT2D eigenvalue weighted by Gasteiger charge is -2.29. The molecule has 0 amide bonds. The molecule has 0 aromatic carbocycles. The third-order valence-corrected chi connectivity index (χ3v) is 5.18. The maximum absolute atomic E-state index is 6.41. The number of nitrogens with zero attached hydrogens (tertiary/aromatic N) is 5. The molecule has 3 heterocycles. The Balaban J connectivity index is 1.57. The van der Waals surface area contributed by atoms with Gasteiger partial charge in [-0.2, -0.15) is 0 Å². The number of hydrogen-bond donors (Lipinski definition) is 1. The van der Waals surface area contributed by atoms with Crippen LogP contribution in [0.15, 0.2) is 54.8 Å². The van der Waals surface area contributed by atoms with Gasteiger partial charge in [-0.15, -0.1) is 0 Å². The molecule has 148 valence electrons. The second-order valence-corrected chi connectivity index (χ2v) is 7.49. The minimum Gasteiger partial charge on any atom is -0.352 e. The van der Waals surface area contributed by atoms with Crippen LogP contribution >= 0.6 is 11.6 Å². The summed E-state index contributed by atoms with van der Waals surface area (Å²) in [6.45, 7) is 8.98. The molecule has 1 fully saturated rings. The third-order valence-electron chi connectivity index (χ3n) is 4.88. The summed E-state index contributed by atoms with van der Waals surface area (Å²) < 4.78 is 0. The maximum Gasteiger partial charge on any atom is 0.223 e. The fourth-order valence-corrected chi connectivity index (χ4v) is 3.44. The summed E-state index contributed by atoms with van der Waals surface area (Å²) in [5.74, 6) is 1.59. The minimum absolute atomic E-state index is 0.541. The molecule has 2 aliphatic rings. The highest BCUT2D eigenvalue weighted by molar-refractivity contribution is 6.32. The molecule has 1 saturated carbocycles. The van der Waals surface area contributed by atoms with Crippen LogP contribution in [0.5, 0.6) is 0 Å². The summed E-state index contributed by atoms with van der Waals surface area (Å²) in [6, 6.07) is 2.51. The van der Waals surface area contributed by atoms with Crippen molar-refractivity contribution in [3.63, 3.8) is 0 Å². The normalized spacial score (nSPS) is 16.6. The van der Waals surface area contributed by atoms with Crippen LogP contribution in [0.3, 0.4) is 0 Å². The number of halogens is 1. The molecule has 2 aromatic heterocycles. The van der Waals surface area contributed by atoms with Crippen LogP contribution in [0.1, 0.15) is 29.7 Å². The van der Waals surface area contributed by atoms with Crippen LogP contribution in [0, 0.1) is 0 Å². The maximum atomic E-state index is 6.41. The van der Waals surface area contributed by atoms with E-state index < -0.39 is 0 Å². The van der Waals surface area contributed by atoms with Crippen molar-refractivity contribution in [1.29, 1.82) is 0 Å². The Morgan fingerprint density at radius 2 is 2.10 bits per heavy atom. The fourth-order valence-electron chi connectivity index (χ4n) is 3.24. The van der Waals surface area contributed by atoms with Gasteiger partial charge in [0.15, 0.2) is 0 Å². The van der Waals surface area contributed by atoms with Gasteiger partial charge in [0.1, 0.15) is 5.82 Å². The van der Waals surface area contributed by atoms with Crippen molar-refractivity contribution in [2.45, 2.75) is 31.8 Å². The number of anilines is 2. The molecule has 2 aromatic rings. The molecule has 0 bridgehead atoms. The molecule has 6 nitrogen and oxygen atoms in total. The van der Waals surface area contributed by atoms with E-state index >= 15 is 0 Å². The number of hydrogen-bond acceptors (Lipinski definition) is 6. The highest BCUT2D eigenvalue weighted by Gasteiger charge is 2.24. The highest BCUT2D eigenvalue weighted by atomic mass is 35.5. The van der Waals surface area contributed by atoms with Crippen LogP contribution < -0.4 is 10.2 Å². The zero-order chi connectivity index (χ0) is 20.2. The monoisotopic (exact) mass is 406 g/mol. The van der Waals surface area contributed by atoms with Gasteiger partial charge >= 0.3 is 0 Å². The molecule has 29 heavy (non-hydrogen) atoms. The lowest BCUT2D eigenvalue weighted by Crippen LogP contribution is -2.32.